The Bertz CT molecular complexity index is 242. The van der Waals surface area contributed by atoms with Crippen molar-refractivity contribution >= 4 is 6.03 Å². The summed E-state index contributed by atoms with van der Waals surface area (Å²) >= 11 is 0. The number of nitrogens with one attached hydrogen (secondary N) is 1. The van der Waals surface area contributed by atoms with Crippen LogP contribution in [0.15, 0.2) is 0 Å². The number of rotatable bonds is 1. The molecule has 3 nitrogen and oxygen atoms in total. The zero-order valence-electron chi connectivity index (χ0n) is 9.83. The first-order valence-corrected chi connectivity index (χ1v) is 6.23. The third-order valence-electron chi connectivity index (χ3n) is 3.90. The smallest absolute Gasteiger partial charge is 0.317 e. The highest BCUT2D eigenvalue weighted by molar-refractivity contribution is 5.75. The topological polar surface area (TPSA) is 32.3 Å². The molecule has 1 aliphatic carbocycles. The Morgan fingerprint density at radius 3 is 2.80 bits per heavy atom. The maximum absolute atomic E-state index is 11.7. The Balaban J connectivity index is 1.99. The minimum atomic E-state index is 0.160. The molecule has 1 aliphatic heterocycles. The van der Waals surface area contributed by atoms with Crippen LogP contribution in [0.2, 0.25) is 0 Å². The fourth-order valence-electron chi connectivity index (χ4n) is 3.08. The van der Waals surface area contributed by atoms with Gasteiger partial charge in [-0.2, -0.15) is 0 Å². The van der Waals surface area contributed by atoms with Crippen molar-refractivity contribution in [1.29, 1.82) is 0 Å². The maximum atomic E-state index is 11.7. The second kappa shape index (κ2) is 4.42. The first-order chi connectivity index (χ1) is 7.18. The highest BCUT2D eigenvalue weighted by Crippen LogP contribution is 2.32. The van der Waals surface area contributed by atoms with Gasteiger partial charge in [-0.05, 0) is 37.5 Å². The molecule has 3 unspecified atom stereocenters. The molecule has 0 radical (unpaired) electrons. The fourth-order valence-corrected chi connectivity index (χ4v) is 3.08. The Morgan fingerprint density at radius 1 is 1.33 bits per heavy atom. The summed E-state index contributed by atoms with van der Waals surface area (Å²) < 4.78 is 0. The molecule has 1 N–H and O–H groups in total. The Labute approximate surface area is 92.2 Å². The van der Waals surface area contributed by atoms with E-state index in [9.17, 15) is 4.79 Å². The van der Waals surface area contributed by atoms with E-state index in [-0.39, 0.29) is 6.03 Å². The molecule has 2 fully saturated rings. The molecular formula is C12H22N2O. The second-order valence-corrected chi connectivity index (χ2v) is 5.24. The predicted octanol–water partition coefficient (Wildman–Crippen LogP) is 2.23. The van der Waals surface area contributed by atoms with Gasteiger partial charge in [0.05, 0.1) is 0 Å². The summed E-state index contributed by atoms with van der Waals surface area (Å²) in [7, 11) is 0. The van der Waals surface area contributed by atoms with E-state index in [1.54, 1.807) is 0 Å². The van der Waals surface area contributed by atoms with Crippen LogP contribution in [0.1, 0.15) is 39.5 Å². The van der Waals surface area contributed by atoms with Crippen molar-refractivity contribution in [2.24, 2.45) is 11.8 Å². The van der Waals surface area contributed by atoms with Crippen molar-refractivity contribution in [3.63, 3.8) is 0 Å². The van der Waals surface area contributed by atoms with Gasteiger partial charge in [-0.3, -0.25) is 0 Å². The molecule has 0 aromatic rings. The van der Waals surface area contributed by atoms with Gasteiger partial charge in [-0.1, -0.05) is 13.8 Å². The lowest BCUT2D eigenvalue weighted by molar-refractivity contribution is 0.101. The van der Waals surface area contributed by atoms with Crippen LogP contribution in [0.5, 0.6) is 0 Å². The maximum Gasteiger partial charge on any atom is 0.317 e. The van der Waals surface area contributed by atoms with Gasteiger partial charge in [0, 0.05) is 19.1 Å². The van der Waals surface area contributed by atoms with E-state index >= 15 is 0 Å². The number of hydrogen-bond acceptors (Lipinski definition) is 1. The molecule has 86 valence electrons. The van der Waals surface area contributed by atoms with Crippen LogP contribution in [0.25, 0.3) is 0 Å². The van der Waals surface area contributed by atoms with Gasteiger partial charge in [0.15, 0.2) is 0 Å². The lowest BCUT2D eigenvalue weighted by atomic mass is 9.79. The molecular weight excluding hydrogens is 188 g/mol. The van der Waals surface area contributed by atoms with Crippen LogP contribution >= 0.6 is 0 Å². The third kappa shape index (κ3) is 2.27. The molecule has 15 heavy (non-hydrogen) atoms. The largest absolute Gasteiger partial charge is 0.338 e. The van der Waals surface area contributed by atoms with Crippen molar-refractivity contribution in [3.05, 3.63) is 0 Å². The van der Waals surface area contributed by atoms with Gasteiger partial charge in [0.25, 0.3) is 0 Å². The number of amides is 2. The Morgan fingerprint density at radius 2 is 2.13 bits per heavy atom. The molecule has 1 saturated heterocycles. The molecule has 0 spiro atoms. The Hall–Kier alpha value is -0.730. The standard InChI is InChI=1S/C12H22N2O/c1-9-4-5-11(10(2)8-9)14-7-3-6-13-12(14)15/h9-11H,3-8H2,1-2H3,(H,13,15). The lowest BCUT2D eigenvalue weighted by Gasteiger charge is -2.42. The first kappa shape index (κ1) is 10.8. The zero-order valence-corrected chi connectivity index (χ0v) is 9.83. The summed E-state index contributed by atoms with van der Waals surface area (Å²) in [6, 6.07) is 0.647. The zero-order chi connectivity index (χ0) is 10.8. The monoisotopic (exact) mass is 210 g/mol. The van der Waals surface area contributed by atoms with Crippen molar-refractivity contribution in [2.75, 3.05) is 13.1 Å². The fraction of sp³-hybridized carbons (Fsp3) is 0.917. The van der Waals surface area contributed by atoms with Gasteiger partial charge in [0.1, 0.15) is 0 Å². The minimum Gasteiger partial charge on any atom is -0.338 e. The normalized spacial score (nSPS) is 37.6. The van der Waals surface area contributed by atoms with E-state index in [0.29, 0.717) is 12.0 Å². The Kier molecular flexibility index (Phi) is 3.17. The average molecular weight is 210 g/mol. The van der Waals surface area contributed by atoms with Crippen molar-refractivity contribution < 1.29 is 4.79 Å². The van der Waals surface area contributed by atoms with E-state index in [0.717, 1.165) is 25.4 Å². The molecule has 0 aromatic carbocycles. The first-order valence-electron chi connectivity index (χ1n) is 6.23. The number of hydrogen-bond donors (Lipinski definition) is 1. The third-order valence-corrected chi connectivity index (χ3v) is 3.90. The molecule has 2 rings (SSSR count). The SMILES string of the molecule is CC1CCC(N2CCCNC2=O)C(C)C1. The van der Waals surface area contributed by atoms with Gasteiger partial charge >= 0.3 is 6.03 Å². The van der Waals surface area contributed by atoms with Gasteiger partial charge < -0.3 is 10.2 Å². The summed E-state index contributed by atoms with van der Waals surface area (Å²) in [5.41, 5.74) is 0. The second-order valence-electron chi connectivity index (χ2n) is 5.24. The van der Waals surface area contributed by atoms with E-state index in [1.165, 1.54) is 19.3 Å². The summed E-state index contributed by atoms with van der Waals surface area (Å²) in [6.07, 6.45) is 4.84. The molecule has 2 aliphatic rings. The van der Waals surface area contributed by atoms with Gasteiger partial charge in [-0.15, -0.1) is 0 Å². The highest BCUT2D eigenvalue weighted by Gasteiger charge is 2.33. The van der Waals surface area contributed by atoms with Crippen LogP contribution in [0.3, 0.4) is 0 Å². The van der Waals surface area contributed by atoms with Crippen LogP contribution in [0.4, 0.5) is 4.79 Å². The number of carbonyl (C=O) groups excluding carboxylic acids is 1. The molecule has 0 aromatic heterocycles. The number of nitrogens with zero attached hydrogens (tertiary/aromatic N) is 1. The average Bonchev–Trinajstić information content (AvgIpc) is 2.20. The van der Waals surface area contributed by atoms with Gasteiger partial charge in [0.2, 0.25) is 0 Å². The molecule has 2 amide bonds. The van der Waals surface area contributed by atoms with E-state index in [4.69, 9.17) is 0 Å². The summed E-state index contributed by atoms with van der Waals surface area (Å²) in [6.45, 7) is 6.42. The van der Waals surface area contributed by atoms with Crippen LogP contribution in [-0.2, 0) is 0 Å². The molecule has 0 bridgehead atoms. The number of urea groups is 1. The quantitative estimate of drug-likeness (QED) is 0.707. The predicted molar refractivity (Wildman–Crippen MR) is 60.7 cm³/mol. The summed E-state index contributed by atoms with van der Waals surface area (Å²) in [5, 5.41) is 2.95. The van der Waals surface area contributed by atoms with E-state index in [1.807, 2.05) is 0 Å². The number of carbonyl (C=O) groups is 1. The van der Waals surface area contributed by atoms with Crippen LogP contribution in [-0.4, -0.2) is 30.1 Å². The molecule has 1 heterocycles. The molecule has 3 atom stereocenters. The van der Waals surface area contributed by atoms with Crippen molar-refractivity contribution in [1.82, 2.24) is 10.2 Å². The minimum absolute atomic E-state index is 0.160. The van der Waals surface area contributed by atoms with Crippen molar-refractivity contribution in [2.45, 2.75) is 45.6 Å². The highest BCUT2D eigenvalue weighted by atomic mass is 16.2. The van der Waals surface area contributed by atoms with E-state index < -0.39 is 0 Å². The summed E-state index contributed by atoms with van der Waals surface area (Å²) in [5.74, 6) is 1.50. The van der Waals surface area contributed by atoms with Crippen LogP contribution < -0.4 is 5.32 Å². The van der Waals surface area contributed by atoms with Crippen molar-refractivity contribution in [3.8, 4) is 0 Å². The van der Waals surface area contributed by atoms with Gasteiger partial charge in [-0.25, -0.2) is 4.79 Å². The summed E-state index contributed by atoms with van der Waals surface area (Å²) in [4.78, 5) is 13.8. The molecule has 3 heteroatoms. The molecule has 1 saturated carbocycles. The van der Waals surface area contributed by atoms with E-state index in [2.05, 4.69) is 24.1 Å². The van der Waals surface area contributed by atoms with Crippen LogP contribution in [0, 0.1) is 11.8 Å². The lowest BCUT2D eigenvalue weighted by Crippen LogP contribution is -2.54.